The van der Waals surface area contributed by atoms with Crippen molar-refractivity contribution in [2.24, 2.45) is 0 Å². The van der Waals surface area contributed by atoms with Crippen molar-refractivity contribution in [3.05, 3.63) is 33.3 Å². The van der Waals surface area contributed by atoms with E-state index < -0.39 is 0 Å². The Kier molecular flexibility index (Phi) is 4.80. The predicted octanol–water partition coefficient (Wildman–Crippen LogP) is 3.37. The second kappa shape index (κ2) is 5.66. The molecule has 0 aliphatic carbocycles. The summed E-state index contributed by atoms with van der Waals surface area (Å²) in [6.07, 6.45) is 0.323. The molecule has 0 aliphatic rings. The first-order valence-electron chi connectivity index (χ1n) is 4.49. The summed E-state index contributed by atoms with van der Waals surface area (Å²) in [4.78, 5) is 11.2. The normalized spacial score (nSPS) is 10.1. The number of hydrogen-bond donors (Lipinski definition) is 0. The number of carbonyl (C=O) groups is 1. The van der Waals surface area contributed by atoms with E-state index in [1.54, 1.807) is 0 Å². The van der Waals surface area contributed by atoms with E-state index in [0.29, 0.717) is 6.42 Å². The Labute approximate surface area is 106 Å². The average molecular weight is 336 g/mol. The number of alkyl halides is 1. The number of carbonyl (C=O) groups excluding carboxylic acids is 1. The van der Waals surface area contributed by atoms with Gasteiger partial charge in [0, 0.05) is 9.80 Å². The zero-order valence-electron chi connectivity index (χ0n) is 8.64. The monoisotopic (exact) mass is 334 g/mol. The van der Waals surface area contributed by atoms with Crippen LogP contribution in [0.4, 0.5) is 0 Å². The summed E-state index contributed by atoms with van der Waals surface area (Å²) in [5.74, 6) is -0.211. The molecule has 0 amide bonds. The van der Waals surface area contributed by atoms with Crippen LogP contribution < -0.4 is 0 Å². The van der Waals surface area contributed by atoms with E-state index >= 15 is 0 Å². The number of halogens is 2. The molecule has 0 heterocycles. The van der Waals surface area contributed by atoms with E-state index in [4.69, 9.17) is 0 Å². The lowest BCUT2D eigenvalue weighted by molar-refractivity contribution is -0.139. The van der Waals surface area contributed by atoms with Crippen molar-refractivity contribution in [1.82, 2.24) is 0 Å². The van der Waals surface area contributed by atoms with Gasteiger partial charge in [0.15, 0.2) is 0 Å². The second-order valence-electron chi connectivity index (χ2n) is 3.26. The van der Waals surface area contributed by atoms with Crippen LogP contribution in [0.1, 0.15) is 16.7 Å². The van der Waals surface area contributed by atoms with Gasteiger partial charge in [-0.2, -0.15) is 0 Å². The first kappa shape index (κ1) is 12.7. The van der Waals surface area contributed by atoms with Gasteiger partial charge in [-0.3, -0.25) is 4.79 Å². The summed E-state index contributed by atoms with van der Waals surface area (Å²) in [6.45, 7) is 2.00. The number of hydrogen-bond acceptors (Lipinski definition) is 2. The molecule has 1 aromatic rings. The third-order valence-electron chi connectivity index (χ3n) is 2.21. The molecule has 1 rings (SSSR count). The minimum Gasteiger partial charge on any atom is -0.469 e. The summed E-state index contributed by atoms with van der Waals surface area (Å²) in [6, 6.07) is 4.04. The smallest absolute Gasteiger partial charge is 0.309 e. The summed E-state index contributed by atoms with van der Waals surface area (Å²) >= 11 is 6.88. The Morgan fingerprint density at radius 1 is 1.40 bits per heavy atom. The van der Waals surface area contributed by atoms with Crippen molar-refractivity contribution in [1.29, 1.82) is 0 Å². The Hall–Kier alpha value is -0.350. The lowest BCUT2D eigenvalue weighted by Gasteiger charge is -2.08. The van der Waals surface area contributed by atoms with Crippen LogP contribution in [0.2, 0.25) is 0 Å². The lowest BCUT2D eigenvalue weighted by Crippen LogP contribution is -2.06. The van der Waals surface area contributed by atoms with Gasteiger partial charge in [-0.1, -0.05) is 37.9 Å². The van der Waals surface area contributed by atoms with Crippen molar-refractivity contribution >= 4 is 37.8 Å². The highest BCUT2D eigenvalue weighted by atomic mass is 79.9. The standard InChI is InChI=1S/C11H12Br2O2/c1-7-3-9(6-12)10(13)4-8(7)5-11(14)15-2/h3-4H,5-6H2,1-2H3. The van der Waals surface area contributed by atoms with Gasteiger partial charge in [-0.15, -0.1) is 0 Å². The first-order valence-corrected chi connectivity index (χ1v) is 6.40. The van der Waals surface area contributed by atoms with Gasteiger partial charge < -0.3 is 4.74 Å². The van der Waals surface area contributed by atoms with Crippen LogP contribution in [-0.2, 0) is 21.3 Å². The first-order chi connectivity index (χ1) is 7.08. The lowest BCUT2D eigenvalue weighted by atomic mass is 10.0. The van der Waals surface area contributed by atoms with E-state index in [1.165, 1.54) is 12.7 Å². The van der Waals surface area contributed by atoms with Crippen molar-refractivity contribution in [3.63, 3.8) is 0 Å². The quantitative estimate of drug-likeness (QED) is 0.625. The molecule has 0 atom stereocenters. The average Bonchev–Trinajstić information content (AvgIpc) is 2.22. The van der Waals surface area contributed by atoms with Gasteiger partial charge in [0.25, 0.3) is 0 Å². The molecule has 4 heteroatoms. The Morgan fingerprint density at radius 2 is 2.07 bits per heavy atom. The molecular formula is C11H12Br2O2. The Bertz CT molecular complexity index is 375. The topological polar surface area (TPSA) is 26.3 Å². The van der Waals surface area contributed by atoms with E-state index in [9.17, 15) is 4.79 Å². The molecule has 15 heavy (non-hydrogen) atoms. The molecule has 0 aliphatic heterocycles. The van der Waals surface area contributed by atoms with Crippen LogP contribution >= 0.6 is 31.9 Å². The molecule has 0 N–H and O–H groups in total. The number of ether oxygens (including phenoxy) is 1. The maximum Gasteiger partial charge on any atom is 0.309 e. The SMILES string of the molecule is COC(=O)Cc1cc(Br)c(CBr)cc1C. The fraction of sp³-hybridized carbons (Fsp3) is 0.364. The minimum atomic E-state index is -0.211. The van der Waals surface area contributed by atoms with E-state index in [2.05, 4.69) is 42.7 Å². The van der Waals surface area contributed by atoms with Crippen LogP contribution in [0.5, 0.6) is 0 Å². The second-order valence-corrected chi connectivity index (χ2v) is 4.67. The van der Waals surface area contributed by atoms with E-state index in [0.717, 1.165) is 20.9 Å². The fourth-order valence-corrected chi connectivity index (χ4v) is 2.67. The van der Waals surface area contributed by atoms with Gasteiger partial charge in [-0.05, 0) is 29.7 Å². The zero-order chi connectivity index (χ0) is 11.4. The maximum absolute atomic E-state index is 11.2. The molecule has 0 bridgehead atoms. The number of aryl methyl sites for hydroxylation is 1. The van der Waals surface area contributed by atoms with Crippen LogP contribution in [0.25, 0.3) is 0 Å². The summed E-state index contributed by atoms with van der Waals surface area (Å²) in [5.41, 5.74) is 3.29. The number of esters is 1. The Morgan fingerprint density at radius 3 is 2.60 bits per heavy atom. The molecular weight excluding hydrogens is 324 g/mol. The fourth-order valence-electron chi connectivity index (χ4n) is 1.30. The maximum atomic E-state index is 11.2. The van der Waals surface area contributed by atoms with Crippen molar-refractivity contribution in [2.45, 2.75) is 18.7 Å². The van der Waals surface area contributed by atoms with Crippen LogP contribution in [-0.4, -0.2) is 13.1 Å². The molecule has 0 saturated carbocycles. The van der Waals surface area contributed by atoms with Crippen molar-refractivity contribution < 1.29 is 9.53 Å². The van der Waals surface area contributed by atoms with Crippen LogP contribution in [0.15, 0.2) is 16.6 Å². The van der Waals surface area contributed by atoms with Gasteiger partial charge in [-0.25, -0.2) is 0 Å². The molecule has 2 nitrogen and oxygen atoms in total. The van der Waals surface area contributed by atoms with E-state index in [1.807, 2.05) is 13.0 Å². The third kappa shape index (κ3) is 3.31. The van der Waals surface area contributed by atoms with Gasteiger partial charge in [0.2, 0.25) is 0 Å². The van der Waals surface area contributed by atoms with Crippen molar-refractivity contribution in [3.8, 4) is 0 Å². The summed E-state index contributed by atoms with van der Waals surface area (Å²) in [5, 5.41) is 0.799. The van der Waals surface area contributed by atoms with E-state index in [-0.39, 0.29) is 5.97 Å². The van der Waals surface area contributed by atoms with Gasteiger partial charge >= 0.3 is 5.97 Å². The van der Waals surface area contributed by atoms with Gasteiger partial charge in [0.1, 0.15) is 0 Å². The highest BCUT2D eigenvalue weighted by Crippen LogP contribution is 2.24. The highest BCUT2D eigenvalue weighted by molar-refractivity contribution is 9.10. The molecule has 1 aromatic carbocycles. The molecule has 0 spiro atoms. The predicted molar refractivity (Wildman–Crippen MR) is 67.2 cm³/mol. The number of rotatable bonds is 3. The molecule has 82 valence electrons. The molecule has 0 fully saturated rings. The Balaban J connectivity index is 3.00. The molecule has 0 radical (unpaired) electrons. The third-order valence-corrected chi connectivity index (χ3v) is 3.55. The van der Waals surface area contributed by atoms with Crippen LogP contribution in [0.3, 0.4) is 0 Å². The molecule has 0 aromatic heterocycles. The minimum absolute atomic E-state index is 0.211. The highest BCUT2D eigenvalue weighted by Gasteiger charge is 2.09. The number of benzene rings is 1. The summed E-state index contributed by atoms with van der Waals surface area (Å²) in [7, 11) is 1.40. The van der Waals surface area contributed by atoms with Crippen LogP contribution in [0, 0.1) is 6.92 Å². The zero-order valence-corrected chi connectivity index (χ0v) is 11.8. The number of methoxy groups -OCH3 is 1. The molecule has 0 unspecified atom stereocenters. The van der Waals surface area contributed by atoms with Gasteiger partial charge in [0.05, 0.1) is 13.5 Å². The molecule has 0 saturated heterocycles. The van der Waals surface area contributed by atoms with Crippen molar-refractivity contribution in [2.75, 3.05) is 7.11 Å². The summed E-state index contributed by atoms with van der Waals surface area (Å²) < 4.78 is 5.66. The largest absolute Gasteiger partial charge is 0.469 e.